The highest BCUT2D eigenvalue weighted by atomic mass is 32.3. The molecule has 1 unspecified atom stereocenters. The molecule has 0 aliphatic carbocycles. The number of carbonyl (C=O) groups is 1. The number of hydrogen-bond acceptors (Lipinski definition) is 11. The molecule has 0 aliphatic rings. The van der Waals surface area contributed by atoms with E-state index in [1.54, 1.807) is 20.3 Å². The number of anilines is 4. The van der Waals surface area contributed by atoms with Gasteiger partial charge in [0, 0.05) is 63.1 Å². The Morgan fingerprint density at radius 3 is 1.76 bits per heavy atom. The zero-order chi connectivity index (χ0) is 34.3. The number of benzene rings is 2. The summed E-state index contributed by atoms with van der Waals surface area (Å²) in [6, 6.07) is 11.4. The van der Waals surface area contributed by atoms with Crippen molar-refractivity contribution in [2.24, 2.45) is 0 Å². The average Bonchev–Trinajstić information content (AvgIpc) is 2.99. The lowest BCUT2D eigenvalue weighted by atomic mass is 10.1. The number of nitrogens with one attached hydrogen (secondary N) is 2. The fourth-order valence-corrected chi connectivity index (χ4v) is 8.56. The van der Waals surface area contributed by atoms with Crippen molar-refractivity contribution >= 4 is 54.1 Å². The Kier molecular flexibility index (Phi) is 15.7. The molecule has 258 valence electrons. The van der Waals surface area contributed by atoms with Gasteiger partial charge in [-0.2, -0.15) is 0 Å². The van der Waals surface area contributed by atoms with E-state index in [4.69, 9.17) is 18.9 Å². The summed E-state index contributed by atoms with van der Waals surface area (Å²) in [7, 11) is -3.82. The smallest absolute Gasteiger partial charge is 0.412 e. The van der Waals surface area contributed by atoms with E-state index in [1.807, 2.05) is 51.1 Å². The first-order valence-electron chi connectivity index (χ1n) is 15.0. The maximum absolute atomic E-state index is 13.0. The van der Waals surface area contributed by atoms with Gasteiger partial charge >= 0.3 is 6.09 Å². The first-order valence-corrected chi connectivity index (χ1v) is 18.9. The van der Waals surface area contributed by atoms with E-state index in [9.17, 15) is 17.4 Å². The summed E-state index contributed by atoms with van der Waals surface area (Å²) >= 11 is 0. The number of sulfone groups is 1. The van der Waals surface area contributed by atoms with Crippen LogP contribution in [0.1, 0.15) is 25.0 Å². The quantitative estimate of drug-likeness (QED) is 0.143. The monoisotopic (exact) mass is 682 g/mol. The maximum Gasteiger partial charge on any atom is 0.412 e. The predicted molar refractivity (Wildman–Crippen MR) is 189 cm³/mol. The van der Waals surface area contributed by atoms with Gasteiger partial charge in [-0.1, -0.05) is 0 Å². The molecule has 1 atom stereocenters. The maximum atomic E-state index is 13.0. The number of carbonyl (C=O) groups excluding carboxylic acids is 1. The first kappa shape index (κ1) is 38.7. The Bertz CT molecular complexity index is 1510. The molecule has 12 nitrogen and oxygen atoms in total. The molecule has 0 spiro atoms. The van der Waals surface area contributed by atoms with Crippen molar-refractivity contribution in [2.75, 3.05) is 97.4 Å². The summed E-state index contributed by atoms with van der Waals surface area (Å²) < 4.78 is 59.1. The highest BCUT2D eigenvalue weighted by Gasteiger charge is 2.21. The molecule has 2 aromatic rings. The Morgan fingerprint density at radius 1 is 0.804 bits per heavy atom. The summed E-state index contributed by atoms with van der Waals surface area (Å²) in [5.74, 6) is 2.75. The molecule has 0 radical (unpaired) electrons. The normalized spacial score (nSPS) is 12.6. The third kappa shape index (κ3) is 13.1. The minimum absolute atomic E-state index is 0.0704. The molecule has 0 saturated heterocycles. The lowest BCUT2D eigenvalue weighted by Gasteiger charge is -2.24. The lowest BCUT2D eigenvalue weighted by molar-refractivity contribution is 0.179. The highest BCUT2D eigenvalue weighted by Crippen LogP contribution is 2.25. The number of amides is 1. The van der Waals surface area contributed by atoms with Gasteiger partial charge in [-0.15, -0.1) is 0 Å². The van der Waals surface area contributed by atoms with Crippen molar-refractivity contribution < 1.29 is 36.4 Å². The van der Waals surface area contributed by atoms with E-state index in [-0.39, 0.29) is 18.2 Å². The third-order valence-electron chi connectivity index (χ3n) is 7.05. The van der Waals surface area contributed by atoms with Crippen LogP contribution in [0.3, 0.4) is 0 Å². The van der Waals surface area contributed by atoms with Crippen LogP contribution in [0.2, 0.25) is 0 Å². The minimum atomic E-state index is -4.04. The zero-order valence-corrected chi connectivity index (χ0v) is 29.6. The molecule has 0 fully saturated rings. The van der Waals surface area contributed by atoms with E-state index in [1.165, 1.54) is 0 Å². The fraction of sp³-hybridized carbons (Fsp3) is 0.500. The number of hydrogen-bond donors (Lipinski definition) is 2. The SMILES string of the molecule is C=C(Nc1ccc(N(CC)CCOC)cc1C)OCCS(=C)(=O)CS(=O)(=O)COC(=O)Nc1ccc(N(CC)CCOC)cc1C. The Morgan fingerprint density at radius 2 is 1.30 bits per heavy atom. The Balaban J connectivity index is 1.83. The molecule has 0 bridgehead atoms. The minimum Gasteiger partial charge on any atom is -0.478 e. The number of methoxy groups -OCH3 is 2. The van der Waals surface area contributed by atoms with Crippen molar-refractivity contribution in [1.29, 1.82) is 0 Å². The Labute approximate surface area is 275 Å². The summed E-state index contributed by atoms with van der Waals surface area (Å²) in [5, 5.41) is 4.89. The molecule has 2 aromatic carbocycles. The second kappa shape index (κ2) is 18.6. The van der Waals surface area contributed by atoms with E-state index in [2.05, 4.69) is 39.8 Å². The molecular weight excluding hydrogens is 633 g/mol. The van der Waals surface area contributed by atoms with Gasteiger partial charge in [-0.3, -0.25) is 9.53 Å². The van der Waals surface area contributed by atoms with Crippen molar-refractivity contribution in [1.82, 2.24) is 0 Å². The van der Waals surface area contributed by atoms with E-state index in [0.29, 0.717) is 18.9 Å². The third-order valence-corrected chi connectivity index (χ3v) is 11.6. The van der Waals surface area contributed by atoms with Crippen LogP contribution < -0.4 is 20.4 Å². The molecule has 0 saturated carbocycles. The molecule has 1 amide bonds. The topological polar surface area (TPSA) is 136 Å². The van der Waals surface area contributed by atoms with Gasteiger partial charge in [-0.25, -0.2) is 13.2 Å². The number of aryl methyl sites for hydroxylation is 2. The summed E-state index contributed by atoms with van der Waals surface area (Å²) in [4.78, 5) is 16.7. The number of likely N-dealkylation sites (N-methyl/N-ethyl adjacent to an activating group) is 2. The van der Waals surface area contributed by atoms with Crippen molar-refractivity contribution in [3.63, 3.8) is 0 Å². The summed E-state index contributed by atoms with van der Waals surface area (Å²) in [6.07, 6.45) is -0.937. The van der Waals surface area contributed by atoms with E-state index >= 15 is 0 Å². The lowest BCUT2D eigenvalue weighted by Crippen LogP contribution is -2.27. The standard InChI is InChI=1S/C32H50N4O8S2/c1-9-35(15-17-41-6)28-11-13-30(25(3)21-28)33-27(5)43-19-20-45(8,38)24-46(39,40)23-44-32(37)34-31-14-12-29(22-26(31)4)36(10-2)16-18-42-7/h11-14,21-22,33H,5,8-10,15-20,23-24H2,1-4,6-7H3,(H,34,37). The van der Waals surface area contributed by atoms with Crippen LogP contribution in [0.25, 0.3) is 0 Å². The second-order valence-electron chi connectivity index (χ2n) is 10.7. The molecule has 0 aromatic heterocycles. The van der Waals surface area contributed by atoms with Gasteiger partial charge in [0.05, 0.1) is 19.0 Å². The first-order chi connectivity index (χ1) is 21.7. The number of nitrogens with zero attached hydrogens (tertiary/aromatic N) is 2. The summed E-state index contributed by atoms with van der Waals surface area (Å²) in [5.41, 5.74) is 5.06. The molecule has 46 heavy (non-hydrogen) atoms. The van der Waals surface area contributed by atoms with Gasteiger partial charge in [0.15, 0.2) is 21.7 Å². The number of rotatable bonds is 21. The molecular formula is C32H50N4O8S2. The fourth-order valence-electron chi connectivity index (χ4n) is 4.52. The van der Waals surface area contributed by atoms with Crippen molar-refractivity contribution in [3.05, 3.63) is 60.0 Å². The molecule has 14 heteroatoms. The second-order valence-corrected chi connectivity index (χ2v) is 15.8. The molecule has 0 aliphatic heterocycles. The average molecular weight is 683 g/mol. The van der Waals surface area contributed by atoms with Crippen LogP contribution in [0, 0.1) is 13.8 Å². The van der Waals surface area contributed by atoms with Gasteiger partial charge in [0.2, 0.25) is 0 Å². The highest BCUT2D eigenvalue weighted by molar-refractivity contribution is 8.12. The molecule has 2 N–H and O–H groups in total. The largest absolute Gasteiger partial charge is 0.478 e. The van der Waals surface area contributed by atoms with Crippen LogP contribution in [0.4, 0.5) is 27.5 Å². The van der Waals surface area contributed by atoms with Gasteiger partial charge < -0.3 is 34.1 Å². The van der Waals surface area contributed by atoms with Crippen molar-refractivity contribution in [2.45, 2.75) is 27.7 Å². The van der Waals surface area contributed by atoms with Crippen LogP contribution in [-0.2, 0) is 38.3 Å². The Hall–Kier alpha value is -3.46. The van der Waals surface area contributed by atoms with E-state index in [0.717, 1.165) is 54.4 Å². The van der Waals surface area contributed by atoms with Crippen molar-refractivity contribution in [3.8, 4) is 0 Å². The van der Waals surface area contributed by atoms with Gasteiger partial charge in [-0.05, 0) is 97.2 Å². The summed E-state index contributed by atoms with van der Waals surface area (Å²) in [6.45, 7) is 16.0. The van der Waals surface area contributed by atoms with Crippen LogP contribution in [-0.4, -0.2) is 102 Å². The van der Waals surface area contributed by atoms with E-state index < -0.39 is 36.5 Å². The van der Waals surface area contributed by atoms with Gasteiger partial charge in [0.1, 0.15) is 11.7 Å². The number of ether oxygens (including phenoxy) is 4. The predicted octanol–water partition coefficient (Wildman–Crippen LogP) is 4.44. The zero-order valence-electron chi connectivity index (χ0n) is 27.9. The molecule has 2 rings (SSSR count). The van der Waals surface area contributed by atoms with Crippen LogP contribution in [0.15, 0.2) is 48.9 Å². The van der Waals surface area contributed by atoms with Gasteiger partial charge in [0.25, 0.3) is 0 Å². The van der Waals surface area contributed by atoms with Crippen LogP contribution >= 0.6 is 0 Å². The van der Waals surface area contributed by atoms with Crippen LogP contribution in [0.5, 0.6) is 0 Å². The molecule has 0 heterocycles.